The summed E-state index contributed by atoms with van der Waals surface area (Å²) in [6.07, 6.45) is 0. The standard InChI is InChI=1S/C27H24N5O9S2.Cu.4Na.H2O4S/c1-4-42(35,36)17-6-12-25(41-3)23(14-17)31-32-26-18-7-10-21(29-30-22-13-16(40-2)5-11-24(22)33)27(34)19(18)8-9-20(26)28-15-43(37,38)39;;;;;;1-5(2,3)4/h6-9,11-14,28,33-34H,1,4,15H2,2-3H3,(H,37,38,39);;;;;;(H2,1,2,3,4)/q-3;;4*+1;/p-2. The van der Waals surface area contributed by atoms with E-state index < -0.39 is 47.7 Å². The first kappa shape index (κ1) is 56.9. The third-order valence-corrected chi connectivity index (χ3v) is 7.89. The molecule has 0 spiro atoms. The molecule has 0 amide bonds. The van der Waals surface area contributed by atoms with Crippen LogP contribution < -0.4 is 133 Å². The number of rotatable bonds is 11. The van der Waals surface area contributed by atoms with Crippen LogP contribution in [0.2, 0.25) is 0 Å². The van der Waals surface area contributed by atoms with Gasteiger partial charge in [-0.05, 0) is 24.3 Å². The summed E-state index contributed by atoms with van der Waals surface area (Å²) in [4.78, 5) is -0.0769. The molecule has 4 aromatic rings. The molecule has 53 heavy (non-hydrogen) atoms. The number of hydrogen-bond acceptors (Lipinski definition) is 17. The summed E-state index contributed by atoms with van der Waals surface area (Å²) in [5.74, 6) is -1.54. The zero-order valence-corrected chi connectivity index (χ0v) is 40.4. The smallest absolute Gasteiger partial charge is 0.747 e. The maximum atomic E-state index is 12.4. The Labute approximate surface area is 404 Å². The third-order valence-electron chi connectivity index (χ3n) is 5.88. The Balaban J connectivity index is -0.00000234. The number of benzene rings is 4. The summed E-state index contributed by atoms with van der Waals surface area (Å²) in [5, 5.41) is 40.1. The first-order valence-corrected chi connectivity index (χ1v) is 17.3. The van der Waals surface area contributed by atoms with E-state index in [2.05, 4.69) is 44.8 Å². The number of nitrogens with one attached hydrogen (secondary N) is 1. The molecule has 18 nitrogen and oxygen atoms in total. The van der Waals surface area contributed by atoms with Crippen molar-refractivity contribution < 1.29 is 194 Å². The summed E-state index contributed by atoms with van der Waals surface area (Å²) < 4.78 is 102. The second-order valence-electron chi connectivity index (χ2n) is 9.04. The van der Waals surface area contributed by atoms with Gasteiger partial charge in [0.15, 0.2) is 9.84 Å². The number of methoxy groups -OCH3 is 2. The van der Waals surface area contributed by atoms with Crippen molar-refractivity contribution in [2.24, 2.45) is 20.5 Å². The fraction of sp³-hybridized carbons (Fsp3) is 0.148. The summed E-state index contributed by atoms with van der Waals surface area (Å²) in [7, 11) is -10.6. The van der Waals surface area contributed by atoms with Crippen molar-refractivity contribution in [1.29, 1.82) is 0 Å². The molecule has 0 aliphatic carbocycles. The van der Waals surface area contributed by atoms with Crippen molar-refractivity contribution in [3.8, 4) is 23.0 Å². The second kappa shape index (κ2) is 25.1. The molecule has 0 saturated heterocycles. The van der Waals surface area contributed by atoms with Crippen molar-refractivity contribution in [3.63, 3.8) is 0 Å². The van der Waals surface area contributed by atoms with Gasteiger partial charge in [0.05, 0.1) is 30.5 Å². The molecule has 0 heterocycles. The fourth-order valence-electron chi connectivity index (χ4n) is 3.71. The summed E-state index contributed by atoms with van der Waals surface area (Å²) in [5.41, 5.74) is -0.0310. The minimum absolute atomic E-state index is 0. The minimum atomic E-state index is -4.92. The van der Waals surface area contributed by atoms with Crippen LogP contribution >= 0.6 is 0 Å². The van der Waals surface area contributed by atoms with Crippen LogP contribution in [0.3, 0.4) is 0 Å². The zero-order valence-electron chi connectivity index (χ0n) is 29.0. The van der Waals surface area contributed by atoms with Gasteiger partial charge in [0, 0.05) is 45.7 Å². The molecular weight excluding hydrogens is 854 g/mol. The molecule has 0 aromatic heterocycles. The van der Waals surface area contributed by atoms with Gasteiger partial charge in [-0.25, -0.2) is 25.3 Å². The Morgan fingerprint density at radius 3 is 1.96 bits per heavy atom. The van der Waals surface area contributed by atoms with E-state index >= 15 is 0 Å². The van der Waals surface area contributed by atoms with Crippen LogP contribution in [0.4, 0.5) is 28.4 Å². The van der Waals surface area contributed by atoms with Gasteiger partial charge in [0.2, 0.25) is 10.4 Å². The van der Waals surface area contributed by atoms with Crippen LogP contribution in [0.15, 0.2) is 73.9 Å². The number of ether oxygens (including phenoxy) is 2. The first-order chi connectivity index (χ1) is 22.4. The first-order valence-electron chi connectivity index (χ1n) is 12.7. The molecule has 269 valence electrons. The van der Waals surface area contributed by atoms with E-state index in [0.29, 0.717) is 5.75 Å². The molecule has 4 rings (SSSR count). The van der Waals surface area contributed by atoms with Crippen molar-refractivity contribution >= 4 is 69.6 Å². The number of aromatic hydroxyl groups is 2. The molecule has 0 atom stereocenters. The quantitative estimate of drug-likeness (QED) is 0.0358. The minimum Gasteiger partial charge on any atom is -0.747 e. The number of anilines is 1. The number of sulfone groups is 1. The number of phenols is 2. The number of hydrogen-bond donors (Lipinski definition) is 4. The Kier molecular flexibility index (Phi) is 26.9. The van der Waals surface area contributed by atoms with Gasteiger partial charge in [-0.15, -0.1) is 17.2 Å². The Bertz CT molecular complexity index is 2230. The van der Waals surface area contributed by atoms with E-state index in [0.717, 1.165) is 0 Å². The molecular formula is C27H24CuN5Na4O13S3-. The predicted octanol–water partition coefficient (Wildman–Crippen LogP) is -7.76. The van der Waals surface area contributed by atoms with E-state index in [-0.39, 0.29) is 191 Å². The van der Waals surface area contributed by atoms with E-state index in [4.69, 9.17) is 27.0 Å². The van der Waals surface area contributed by atoms with E-state index in [1.165, 1.54) is 62.8 Å². The largest absolute Gasteiger partial charge is 1.00 e. The molecule has 4 N–H and O–H groups in total. The maximum Gasteiger partial charge on any atom is 1.00 e. The maximum absolute atomic E-state index is 12.4. The Hall–Kier alpha value is -0.411. The molecule has 0 unspecified atom stereocenters. The number of fused-ring (bicyclic) bond motifs is 1. The van der Waals surface area contributed by atoms with Crippen LogP contribution in [0, 0.1) is 19.1 Å². The van der Waals surface area contributed by atoms with Crippen molar-refractivity contribution in [2.45, 2.75) is 4.90 Å². The SMILES string of the molecule is O=S(=O)([O-])O.[CH2-]CS(=O)(=O)c1ccc(OC)c(N=Nc2c(NCS(=O)(=O)[O-])ccc3c(O)c(N=Nc4cc(OC)[c-]cc4O)[c-]cc23)c1.[Cu].[Na+].[Na+].[Na+].[Na+]. The molecule has 1 radical (unpaired) electrons. The van der Waals surface area contributed by atoms with E-state index in [1.54, 1.807) is 0 Å². The van der Waals surface area contributed by atoms with Crippen LogP contribution in [0.25, 0.3) is 10.8 Å². The molecule has 4 aromatic carbocycles. The monoisotopic (exact) mass is 877 g/mol. The van der Waals surface area contributed by atoms with Crippen molar-refractivity contribution in [3.05, 3.63) is 67.6 Å². The molecule has 0 bridgehead atoms. The van der Waals surface area contributed by atoms with Gasteiger partial charge in [0.25, 0.3) is 0 Å². The van der Waals surface area contributed by atoms with E-state index in [9.17, 15) is 31.6 Å². The average molecular weight is 878 g/mol. The van der Waals surface area contributed by atoms with Crippen molar-refractivity contribution in [2.75, 3.05) is 31.2 Å². The van der Waals surface area contributed by atoms with Crippen LogP contribution in [-0.4, -0.2) is 75.0 Å². The van der Waals surface area contributed by atoms with Crippen LogP contribution in [-0.2, 0) is 47.4 Å². The summed E-state index contributed by atoms with van der Waals surface area (Å²) in [6.45, 7) is 3.43. The topological polar surface area (TPSA) is 289 Å². The molecule has 0 aliphatic heterocycles. The average Bonchev–Trinajstić information content (AvgIpc) is 3.01. The molecule has 26 heteroatoms. The number of nitrogens with zero attached hydrogens (tertiary/aromatic N) is 4. The van der Waals surface area contributed by atoms with Gasteiger partial charge < -0.3 is 41.0 Å². The second-order valence-corrected chi connectivity index (χ2v) is 13.4. The molecule has 0 aliphatic rings. The van der Waals surface area contributed by atoms with Gasteiger partial charge in [-0.2, -0.15) is 27.5 Å². The van der Waals surface area contributed by atoms with Gasteiger partial charge >= 0.3 is 118 Å². The van der Waals surface area contributed by atoms with E-state index in [1.807, 2.05) is 0 Å². The predicted molar refractivity (Wildman–Crippen MR) is 167 cm³/mol. The third kappa shape index (κ3) is 17.7. The Morgan fingerprint density at radius 1 is 0.811 bits per heavy atom. The van der Waals surface area contributed by atoms with Gasteiger partial charge in [0.1, 0.15) is 27.4 Å². The van der Waals surface area contributed by atoms with Gasteiger partial charge in [-0.1, -0.05) is 28.7 Å². The number of azo groups is 2. The number of phenolic OH excluding ortho intramolecular Hbond substituents is 2. The van der Waals surface area contributed by atoms with Crippen molar-refractivity contribution in [1.82, 2.24) is 0 Å². The fourth-order valence-corrected chi connectivity index (χ4v) is 4.84. The normalized spacial score (nSPS) is 11.1. The Morgan fingerprint density at radius 2 is 1.42 bits per heavy atom. The zero-order chi connectivity index (χ0) is 35.9. The van der Waals surface area contributed by atoms with Crippen LogP contribution in [0.1, 0.15) is 0 Å². The molecule has 0 fully saturated rings. The summed E-state index contributed by atoms with van der Waals surface area (Å²) >= 11 is 0. The van der Waals surface area contributed by atoms with Gasteiger partial charge in [-0.3, -0.25) is 4.55 Å². The summed E-state index contributed by atoms with van der Waals surface area (Å²) in [6, 6.07) is 16.1. The van der Waals surface area contributed by atoms with Crippen LogP contribution in [0.5, 0.6) is 23.0 Å². The molecule has 0 saturated carbocycles.